The number of amides is 1. The molecule has 2 N–H and O–H groups in total. The molecule has 0 bridgehead atoms. The SMILES string of the molecule is O=C(NCc1cccnc1)c1cn[nH]c1C1CCCCC1. The van der Waals surface area contributed by atoms with Crippen molar-refractivity contribution in [1.82, 2.24) is 20.5 Å². The minimum atomic E-state index is -0.0619. The highest BCUT2D eigenvalue weighted by Gasteiger charge is 2.23. The Morgan fingerprint density at radius 3 is 2.90 bits per heavy atom. The number of pyridine rings is 1. The maximum Gasteiger partial charge on any atom is 0.255 e. The normalized spacial score (nSPS) is 15.8. The van der Waals surface area contributed by atoms with Gasteiger partial charge in [-0.3, -0.25) is 14.9 Å². The van der Waals surface area contributed by atoms with Gasteiger partial charge >= 0.3 is 0 Å². The van der Waals surface area contributed by atoms with Gasteiger partial charge in [0.05, 0.1) is 17.5 Å². The first-order valence-corrected chi connectivity index (χ1v) is 7.55. The Labute approximate surface area is 124 Å². The van der Waals surface area contributed by atoms with Crippen LogP contribution < -0.4 is 5.32 Å². The molecule has 2 aromatic heterocycles. The molecule has 3 rings (SSSR count). The molecule has 1 aliphatic carbocycles. The first-order valence-electron chi connectivity index (χ1n) is 7.55. The third-order valence-electron chi connectivity index (χ3n) is 4.10. The van der Waals surface area contributed by atoms with Gasteiger partial charge in [-0.15, -0.1) is 0 Å². The Balaban J connectivity index is 1.66. The van der Waals surface area contributed by atoms with Crippen LogP contribution in [0.4, 0.5) is 0 Å². The summed E-state index contributed by atoms with van der Waals surface area (Å²) in [5.41, 5.74) is 2.68. The zero-order valence-electron chi connectivity index (χ0n) is 12.0. The minimum absolute atomic E-state index is 0.0619. The molecule has 21 heavy (non-hydrogen) atoms. The van der Waals surface area contributed by atoms with E-state index in [4.69, 9.17) is 0 Å². The van der Waals surface area contributed by atoms with Gasteiger partial charge in [0.15, 0.2) is 0 Å². The van der Waals surface area contributed by atoms with Crippen LogP contribution in [0, 0.1) is 0 Å². The average molecular weight is 284 g/mol. The fourth-order valence-electron chi connectivity index (χ4n) is 2.96. The monoisotopic (exact) mass is 284 g/mol. The number of carbonyl (C=O) groups excluding carboxylic acids is 1. The summed E-state index contributed by atoms with van der Waals surface area (Å²) in [5.74, 6) is 0.383. The van der Waals surface area contributed by atoms with Crippen LogP contribution in [0.2, 0.25) is 0 Å². The molecule has 0 unspecified atom stereocenters. The van der Waals surface area contributed by atoms with Crippen molar-refractivity contribution in [3.63, 3.8) is 0 Å². The molecule has 0 spiro atoms. The maximum atomic E-state index is 12.4. The molecule has 1 fully saturated rings. The summed E-state index contributed by atoms with van der Waals surface area (Å²) in [7, 11) is 0. The van der Waals surface area contributed by atoms with E-state index >= 15 is 0 Å². The van der Waals surface area contributed by atoms with Crippen LogP contribution in [0.1, 0.15) is 59.6 Å². The molecule has 1 aliphatic rings. The molecule has 2 aromatic rings. The highest BCUT2D eigenvalue weighted by molar-refractivity contribution is 5.95. The summed E-state index contributed by atoms with van der Waals surface area (Å²) in [4.78, 5) is 16.4. The Hall–Kier alpha value is -2.17. The second kappa shape index (κ2) is 6.52. The summed E-state index contributed by atoms with van der Waals surface area (Å²) >= 11 is 0. The van der Waals surface area contributed by atoms with E-state index in [-0.39, 0.29) is 5.91 Å². The van der Waals surface area contributed by atoms with Gasteiger partial charge in [0, 0.05) is 24.9 Å². The largest absolute Gasteiger partial charge is 0.348 e. The fourth-order valence-corrected chi connectivity index (χ4v) is 2.96. The van der Waals surface area contributed by atoms with Gasteiger partial charge in [0.2, 0.25) is 0 Å². The fraction of sp³-hybridized carbons (Fsp3) is 0.438. The predicted octanol–water partition coefficient (Wildman–Crippen LogP) is 2.78. The molecule has 0 aromatic carbocycles. The number of aromatic amines is 1. The zero-order chi connectivity index (χ0) is 14.5. The third-order valence-corrected chi connectivity index (χ3v) is 4.10. The second-order valence-electron chi connectivity index (χ2n) is 5.58. The van der Waals surface area contributed by atoms with Crippen LogP contribution in [0.5, 0.6) is 0 Å². The Bertz CT molecular complexity index is 587. The van der Waals surface area contributed by atoms with Gasteiger partial charge in [-0.05, 0) is 24.5 Å². The third kappa shape index (κ3) is 3.29. The number of nitrogens with zero attached hydrogens (tertiary/aromatic N) is 2. The second-order valence-corrected chi connectivity index (χ2v) is 5.58. The summed E-state index contributed by atoms with van der Waals surface area (Å²) in [6, 6.07) is 3.82. The molecule has 5 heteroatoms. The van der Waals surface area contributed by atoms with E-state index in [0.717, 1.165) is 24.1 Å². The Morgan fingerprint density at radius 2 is 2.14 bits per heavy atom. The van der Waals surface area contributed by atoms with Crippen LogP contribution >= 0.6 is 0 Å². The van der Waals surface area contributed by atoms with E-state index < -0.39 is 0 Å². The van der Waals surface area contributed by atoms with Crippen molar-refractivity contribution in [3.05, 3.63) is 47.5 Å². The Morgan fingerprint density at radius 1 is 1.29 bits per heavy atom. The van der Waals surface area contributed by atoms with Gasteiger partial charge < -0.3 is 5.32 Å². The summed E-state index contributed by atoms with van der Waals surface area (Å²) in [6.07, 6.45) is 11.2. The van der Waals surface area contributed by atoms with Crippen molar-refractivity contribution < 1.29 is 4.79 Å². The van der Waals surface area contributed by atoms with Crippen molar-refractivity contribution in [1.29, 1.82) is 0 Å². The lowest BCUT2D eigenvalue weighted by Gasteiger charge is -2.21. The summed E-state index contributed by atoms with van der Waals surface area (Å²) < 4.78 is 0. The van der Waals surface area contributed by atoms with Crippen LogP contribution in [0.15, 0.2) is 30.7 Å². The van der Waals surface area contributed by atoms with Crippen LogP contribution in [0.3, 0.4) is 0 Å². The average Bonchev–Trinajstić information content (AvgIpc) is 3.04. The summed E-state index contributed by atoms with van der Waals surface area (Å²) in [6.45, 7) is 0.488. The predicted molar refractivity (Wildman–Crippen MR) is 79.8 cm³/mol. The lowest BCUT2D eigenvalue weighted by molar-refractivity contribution is 0.0949. The number of rotatable bonds is 4. The first-order chi connectivity index (χ1) is 10.3. The molecule has 5 nitrogen and oxygen atoms in total. The van der Waals surface area contributed by atoms with E-state index in [1.54, 1.807) is 18.6 Å². The molecule has 0 atom stereocenters. The standard InChI is InChI=1S/C16H20N4O/c21-16(18-10-12-5-4-8-17-9-12)14-11-19-20-15(14)13-6-2-1-3-7-13/h4-5,8-9,11,13H,1-3,6-7,10H2,(H,18,21)(H,19,20). The van der Waals surface area contributed by atoms with Gasteiger partial charge in [-0.25, -0.2) is 0 Å². The van der Waals surface area contributed by atoms with E-state index in [9.17, 15) is 4.79 Å². The first kappa shape index (κ1) is 13.8. The number of carbonyl (C=O) groups is 1. The number of hydrogen-bond donors (Lipinski definition) is 2. The van der Waals surface area contributed by atoms with E-state index in [1.165, 1.54) is 19.3 Å². The van der Waals surface area contributed by atoms with Crippen molar-refractivity contribution in [2.75, 3.05) is 0 Å². The molecule has 1 saturated carbocycles. The maximum absolute atomic E-state index is 12.4. The highest BCUT2D eigenvalue weighted by Crippen LogP contribution is 2.33. The molecular weight excluding hydrogens is 264 g/mol. The van der Waals surface area contributed by atoms with E-state index in [2.05, 4.69) is 20.5 Å². The van der Waals surface area contributed by atoms with E-state index in [0.29, 0.717) is 18.0 Å². The van der Waals surface area contributed by atoms with Gasteiger partial charge in [-0.1, -0.05) is 25.3 Å². The quantitative estimate of drug-likeness (QED) is 0.907. The highest BCUT2D eigenvalue weighted by atomic mass is 16.1. The number of nitrogens with one attached hydrogen (secondary N) is 2. The molecular formula is C16H20N4O. The molecule has 0 radical (unpaired) electrons. The van der Waals surface area contributed by atoms with Crippen molar-refractivity contribution in [2.24, 2.45) is 0 Å². The lowest BCUT2D eigenvalue weighted by atomic mass is 9.85. The molecule has 110 valence electrons. The smallest absolute Gasteiger partial charge is 0.255 e. The summed E-state index contributed by atoms with van der Waals surface area (Å²) in [5, 5.41) is 10.0. The van der Waals surface area contributed by atoms with Crippen molar-refractivity contribution >= 4 is 5.91 Å². The zero-order valence-corrected chi connectivity index (χ0v) is 12.0. The molecule has 0 saturated heterocycles. The van der Waals surface area contributed by atoms with Crippen LogP contribution in [-0.2, 0) is 6.54 Å². The number of aromatic nitrogens is 3. The minimum Gasteiger partial charge on any atom is -0.348 e. The van der Waals surface area contributed by atoms with Crippen molar-refractivity contribution in [3.8, 4) is 0 Å². The van der Waals surface area contributed by atoms with E-state index in [1.807, 2.05) is 12.1 Å². The van der Waals surface area contributed by atoms with Gasteiger partial charge in [0.1, 0.15) is 0 Å². The number of H-pyrrole nitrogens is 1. The van der Waals surface area contributed by atoms with Gasteiger partial charge in [0.25, 0.3) is 5.91 Å². The molecule has 1 amide bonds. The van der Waals surface area contributed by atoms with Crippen LogP contribution in [-0.4, -0.2) is 21.1 Å². The van der Waals surface area contributed by atoms with Gasteiger partial charge in [-0.2, -0.15) is 5.10 Å². The Kier molecular flexibility index (Phi) is 4.28. The van der Waals surface area contributed by atoms with Crippen molar-refractivity contribution in [2.45, 2.75) is 44.6 Å². The number of hydrogen-bond acceptors (Lipinski definition) is 3. The topological polar surface area (TPSA) is 70.7 Å². The molecule has 0 aliphatic heterocycles. The lowest BCUT2D eigenvalue weighted by Crippen LogP contribution is -2.24. The van der Waals surface area contributed by atoms with Crippen LogP contribution in [0.25, 0.3) is 0 Å². The molecule has 2 heterocycles.